The van der Waals surface area contributed by atoms with Crippen LogP contribution in [0.1, 0.15) is 30.1 Å². The smallest absolute Gasteiger partial charge is 0.338 e. The molecule has 1 aromatic rings. The first-order chi connectivity index (χ1) is 24.8. The Morgan fingerprint density at radius 2 is 0.780 bits per heavy atom. The number of hydrogen-bond donors (Lipinski definition) is 1. The molecule has 0 aliphatic rings. The van der Waals surface area contributed by atoms with Crippen LogP contribution in [0.3, 0.4) is 0 Å². The van der Waals surface area contributed by atoms with Crippen LogP contribution in [0.25, 0.3) is 0 Å². The zero-order valence-corrected chi connectivity index (χ0v) is 30.1. The summed E-state index contributed by atoms with van der Waals surface area (Å²) in [6.45, 7) is 12.5. The standard InChI is InChI=1S/C35H62FNO13/c1-2-3-9-37-34-6-4-33(5-7-34)35(38)50-32-31-49-30-29-48-28-27-47-26-25-46-24-23-45-22-21-44-20-19-43-18-17-42-16-15-41-14-13-40-12-11-39-10-8-36/h4-7,37H,2-3,8-32H2,1H3. The predicted octanol–water partition coefficient (Wildman–Crippen LogP) is 3.21. The van der Waals surface area contributed by atoms with Gasteiger partial charge < -0.3 is 62.2 Å². The Balaban J connectivity index is 1.69. The van der Waals surface area contributed by atoms with Crippen molar-refractivity contribution in [1.29, 1.82) is 0 Å². The van der Waals surface area contributed by atoms with E-state index in [0.717, 1.165) is 25.1 Å². The lowest BCUT2D eigenvalue weighted by Crippen LogP contribution is -2.15. The number of halogens is 1. The third kappa shape index (κ3) is 31.9. The number of benzene rings is 1. The molecule has 0 amide bonds. The molecule has 0 fully saturated rings. The number of alkyl halides is 1. The van der Waals surface area contributed by atoms with Gasteiger partial charge in [0.25, 0.3) is 0 Å². The Labute approximate surface area is 297 Å². The van der Waals surface area contributed by atoms with Gasteiger partial charge in [-0.1, -0.05) is 13.3 Å². The molecule has 0 aliphatic heterocycles. The van der Waals surface area contributed by atoms with Crippen molar-refractivity contribution in [3.63, 3.8) is 0 Å². The molecule has 0 bridgehead atoms. The number of nitrogens with one attached hydrogen (secondary N) is 1. The highest BCUT2D eigenvalue weighted by atomic mass is 19.1. The van der Waals surface area contributed by atoms with Crippen LogP contribution in [-0.2, 0) is 56.8 Å². The first-order valence-electron chi connectivity index (χ1n) is 17.7. The Morgan fingerprint density at radius 3 is 1.08 bits per heavy atom. The molecule has 15 heteroatoms. The molecule has 0 aromatic heterocycles. The molecular weight excluding hydrogens is 661 g/mol. The molecule has 292 valence electrons. The van der Waals surface area contributed by atoms with Crippen LogP contribution < -0.4 is 5.32 Å². The molecule has 0 saturated heterocycles. The third-order valence-corrected chi connectivity index (χ3v) is 6.38. The quantitative estimate of drug-likeness (QED) is 0.0783. The minimum atomic E-state index is -0.479. The number of carbonyl (C=O) groups excluding carboxylic acids is 1. The summed E-state index contributed by atoms with van der Waals surface area (Å²) >= 11 is 0. The van der Waals surface area contributed by atoms with Gasteiger partial charge in [-0.05, 0) is 30.7 Å². The van der Waals surface area contributed by atoms with E-state index in [4.69, 9.17) is 56.8 Å². The fourth-order valence-electron chi connectivity index (χ4n) is 3.77. The maximum Gasteiger partial charge on any atom is 0.338 e. The highest BCUT2D eigenvalue weighted by Gasteiger charge is 2.07. The lowest BCUT2D eigenvalue weighted by atomic mass is 10.2. The topological polar surface area (TPSA) is 140 Å². The molecule has 14 nitrogen and oxygen atoms in total. The largest absolute Gasteiger partial charge is 0.460 e. The van der Waals surface area contributed by atoms with Gasteiger partial charge >= 0.3 is 5.97 Å². The number of rotatable bonds is 40. The number of hydrogen-bond acceptors (Lipinski definition) is 14. The molecule has 0 aliphatic carbocycles. The Hall–Kier alpha value is -2.02. The lowest BCUT2D eigenvalue weighted by molar-refractivity contribution is -0.0281. The average molecular weight is 724 g/mol. The van der Waals surface area contributed by atoms with Crippen LogP contribution in [0.5, 0.6) is 0 Å². The Bertz CT molecular complexity index is 841. The molecule has 0 atom stereocenters. The molecule has 1 aromatic carbocycles. The second-order valence-electron chi connectivity index (χ2n) is 10.4. The molecule has 0 saturated carbocycles. The summed E-state index contributed by atoms with van der Waals surface area (Å²) in [6, 6.07) is 7.28. The first kappa shape index (κ1) is 46.0. The highest BCUT2D eigenvalue weighted by Crippen LogP contribution is 2.11. The molecule has 50 heavy (non-hydrogen) atoms. The van der Waals surface area contributed by atoms with E-state index in [1.165, 1.54) is 0 Å². The molecule has 1 N–H and O–H groups in total. The highest BCUT2D eigenvalue weighted by molar-refractivity contribution is 5.89. The van der Waals surface area contributed by atoms with Crippen LogP contribution in [0.4, 0.5) is 10.1 Å². The monoisotopic (exact) mass is 723 g/mol. The van der Waals surface area contributed by atoms with Crippen molar-refractivity contribution in [2.24, 2.45) is 0 Å². The van der Waals surface area contributed by atoms with Gasteiger partial charge in [-0.15, -0.1) is 0 Å². The van der Waals surface area contributed by atoms with Crippen LogP contribution in [0, 0.1) is 0 Å². The number of carbonyl (C=O) groups is 1. The molecular formula is C35H62FNO13. The van der Waals surface area contributed by atoms with E-state index >= 15 is 0 Å². The summed E-state index contributed by atoms with van der Waals surface area (Å²) in [5.74, 6) is -0.365. The molecule has 0 heterocycles. The number of esters is 1. The van der Waals surface area contributed by atoms with E-state index < -0.39 is 6.67 Å². The second-order valence-corrected chi connectivity index (χ2v) is 10.4. The lowest BCUT2D eigenvalue weighted by Gasteiger charge is -2.09. The maximum absolute atomic E-state index is 12.1. The van der Waals surface area contributed by atoms with Gasteiger partial charge in [0.1, 0.15) is 13.3 Å². The van der Waals surface area contributed by atoms with Gasteiger partial charge in [0.2, 0.25) is 0 Å². The third-order valence-electron chi connectivity index (χ3n) is 6.38. The summed E-state index contributed by atoms with van der Waals surface area (Å²) < 4.78 is 76.4. The van der Waals surface area contributed by atoms with Gasteiger partial charge in [0.05, 0.1) is 151 Å². The predicted molar refractivity (Wildman–Crippen MR) is 185 cm³/mol. The van der Waals surface area contributed by atoms with Gasteiger partial charge in [-0.3, -0.25) is 0 Å². The summed E-state index contributed by atoms with van der Waals surface area (Å²) in [6.07, 6.45) is 2.24. The summed E-state index contributed by atoms with van der Waals surface area (Å²) in [5, 5.41) is 3.31. The van der Waals surface area contributed by atoms with Crippen LogP contribution >= 0.6 is 0 Å². The summed E-state index contributed by atoms with van der Waals surface area (Å²) in [4.78, 5) is 12.1. The fraction of sp³-hybridized carbons (Fsp3) is 0.800. The van der Waals surface area contributed by atoms with E-state index in [2.05, 4.69) is 12.2 Å². The summed E-state index contributed by atoms with van der Waals surface area (Å²) in [5.41, 5.74) is 1.51. The normalized spacial score (nSPS) is 11.3. The first-order valence-corrected chi connectivity index (χ1v) is 17.7. The van der Waals surface area contributed by atoms with Crippen LogP contribution in [0.2, 0.25) is 0 Å². The average Bonchev–Trinajstić information content (AvgIpc) is 3.13. The van der Waals surface area contributed by atoms with E-state index in [1.807, 2.05) is 12.1 Å². The van der Waals surface area contributed by atoms with Crippen LogP contribution in [-0.4, -0.2) is 171 Å². The minimum absolute atomic E-state index is 0.109. The van der Waals surface area contributed by atoms with Crippen molar-refractivity contribution in [2.45, 2.75) is 19.8 Å². The number of ether oxygens (including phenoxy) is 12. The zero-order chi connectivity index (χ0) is 35.8. The Morgan fingerprint density at radius 1 is 0.480 bits per heavy atom. The fourth-order valence-corrected chi connectivity index (χ4v) is 3.77. The zero-order valence-electron chi connectivity index (χ0n) is 30.1. The van der Waals surface area contributed by atoms with E-state index in [9.17, 15) is 9.18 Å². The maximum atomic E-state index is 12.1. The number of anilines is 1. The van der Waals surface area contributed by atoms with E-state index in [-0.39, 0.29) is 19.2 Å². The molecule has 0 radical (unpaired) electrons. The number of unbranched alkanes of at least 4 members (excludes halogenated alkanes) is 1. The summed E-state index contributed by atoms with van der Waals surface area (Å²) in [7, 11) is 0. The van der Waals surface area contributed by atoms with Crippen LogP contribution in [0.15, 0.2) is 24.3 Å². The second kappa shape index (κ2) is 38.2. The van der Waals surface area contributed by atoms with Gasteiger partial charge in [0.15, 0.2) is 0 Å². The van der Waals surface area contributed by atoms with Crippen molar-refractivity contribution in [2.75, 3.05) is 170 Å². The SMILES string of the molecule is CCCCNc1ccc(C(=O)OCCOCCOCCOCCOCCOCCOCCOCCOCCOCCOCCOCCF)cc1. The van der Waals surface area contributed by atoms with E-state index in [1.54, 1.807) is 12.1 Å². The van der Waals surface area contributed by atoms with Crippen molar-refractivity contribution >= 4 is 11.7 Å². The van der Waals surface area contributed by atoms with E-state index in [0.29, 0.717) is 144 Å². The van der Waals surface area contributed by atoms with Crippen molar-refractivity contribution in [3.05, 3.63) is 29.8 Å². The Kier molecular flexibility index (Phi) is 35.2. The molecule has 0 spiro atoms. The minimum Gasteiger partial charge on any atom is -0.460 e. The molecule has 0 unspecified atom stereocenters. The van der Waals surface area contributed by atoms with Crippen molar-refractivity contribution in [3.8, 4) is 0 Å². The van der Waals surface area contributed by atoms with Gasteiger partial charge in [-0.25, -0.2) is 9.18 Å². The van der Waals surface area contributed by atoms with Crippen molar-refractivity contribution in [1.82, 2.24) is 0 Å². The van der Waals surface area contributed by atoms with Gasteiger partial charge in [-0.2, -0.15) is 0 Å². The van der Waals surface area contributed by atoms with Crippen molar-refractivity contribution < 1.29 is 66.0 Å². The van der Waals surface area contributed by atoms with Gasteiger partial charge in [0, 0.05) is 12.2 Å². The molecule has 1 rings (SSSR count).